The third kappa shape index (κ3) is 2.83. The number of carbonyl (C=O) groups excluding carboxylic acids is 1. The minimum Gasteiger partial charge on any atom is -0.289 e. The van der Waals surface area contributed by atoms with Crippen LogP contribution in [0.15, 0.2) is 23.3 Å². The van der Waals surface area contributed by atoms with Gasteiger partial charge in [0.15, 0.2) is 5.78 Å². The first-order chi connectivity index (χ1) is 6.44. The molecule has 14 heavy (non-hydrogen) atoms. The van der Waals surface area contributed by atoms with Crippen molar-refractivity contribution in [1.29, 1.82) is 0 Å². The molecule has 78 valence electrons. The molecule has 1 aliphatic rings. The van der Waals surface area contributed by atoms with Crippen molar-refractivity contribution in [2.24, 2.45) is 5.41 Å². The minimum absolute atomic E-state index is 0.112. The summed E-state index contributed by atoms with van der Waals surface area (Å²) in [7, 11) is 0. The molecule has 0 heterocycles. The molecule has 0 aromatic carbocycles. The summed E-state index contributed by atoms with van der Waals surface area (Å²) >= 11 is 0. The SMILES string of the molecule is C/C=C1/CCC/C(=C\C(C)(C)C)C1=O. The first-order valence-corrected chi connectivity index (χ1v) is 5.35. The maximum absolute atomic E-state index is 11.9. The van der Waals surface area contributed by atoms with Gasteiger partial charge in [0.2, 0.25) is 0 Å². The van der Waals surface area contributed by atoms with Crippen LogP contribution in [0.4, 0.5) is 0 Å². The lowest BCUT2D eigenvalue weighted by Gasteiger charge is -2.20. The highest BCUT2D eigenvalue weighted by atomic mass is 16.1. The number of carbonyl (C=O) groups is 1. The van der Waals surface area contributed by atoms with Gasteiger partial charge in [-0.05, 0) is 42.7 Å². The maximum atomic E-state index is 11.9. The van der Waals surface area contributed by atoms with Gasteiger partial charge in [-0.3, -0.25) is 4.79 Å². The van der Waals surface area contributed by atoms with Crippen molar-refractivity contribution >= 4 is 5.78 Å². The molecule has 0 aromatic rings. The number of hydrogen-bond acceptors (Lipinski definition) is 1. The summed E-state index contributed by atoms with van der Waals surface area (Å²) in [5.41, 5.74) is 2.12. The summed E-state index contributed by atoms with van der Waals surface area (Å²) in [6.07, 6.45) is 7.10. The van der Waals surface area contributed by atoms with E-state index in [1.54, 1.807) is 0 Å². The lowest BCUT2D eigenvalue weighted by atomic mass is 9.84. The molecule has 0 aliphatic heterocycles. The molecule has 1 heteroatoms. The molecule has 0 spiro atoms. The fraction of sp³-hybridized carbons (Fsp3) is 0.615. The zero-order valence-electron chi connectivity index (χ0n) is 9.68. The average Bonchev–Trinajstić information content (AvgIpc) is 2.06. The molecular formula is C13H20O. The molecule has 0 aromatic heterocycles. The molecule has 0 bridgehead atoms. The Hall–Kier alpha value is -0.850. The lowest BCUT2D eigenvalue weighted by Crippen LogP contribution is -2.15. The second kappa shape index (κ2) is 4.12. The van der Waals surface area contributed by atoms with E-state index in [2.05, 4.69) is 26.8 Å². The van der Waals surface area contributed by atoms with Gasteiger partial charge < -0.3 is 0 Å². The molecule has 0 N–H and O–H groups in total. The summed E-state index contributed by atoms with van der Waals surface area (Å²) < 4.78 is 0. The van der Waals surface area contributed by atoms with Gasteiger partial charge in [0, 0.05) is 0 Å². The predicted molar refractivity (Wildman–Crippen MR) is 60.2 cm³/mol. The number of rotatable bonds is 0. The third-order valence-electron chi connectivity index (χ3n) is 2.43. The molecule has 1 fully saturated rings. The molecular weight excluding hydrogens is 172 g/mol. The van der Waals surface area contributed by atoms with E-state index in [4.69, 9.17) is 0 Å². The molecule has 0 radical (unpaired) electrons. The average molecular weight is 192 g/mol. The van der Waals surface area contributed by atoms with Gasteiger partial charge in [0.1, 0.15) is 0 Å². The van der Waals surface area contributed by atoms with Crippen LogP contribution in [0.2, 0.25) is 0 Å². The second-order valence-corrected chi connectivity index (χ2v) is 5.03. The van der Waals surface area contributed by atoms with Crippen LogP contribution in [0.3, 0.4) is 0 Å². The smallest absolute Gasteiger partial charge is 0.184 e. The van der Waals surface area contributed by atoms with Crippen molar-refractivity contribution < 1.29 is 4.79 Å². The van der Waals surface area contributed by atoms with E-state index in [0.29, 0.717) is 0 Å². The van der Waals surface area contributed by atoms with E-state index in [1.165, 1.54) is 0 Å². The molecule has 0 amide bonds. The van der Waals surface area contributed by atoms with Gasteiger partial charge in [0.25, 0.3) is 0 Å². The highest BCUT2D eigenvalue weighted by Crippen LogP contribution is 2.28. The molecule has 0 atom stereocenters. The first-order valence-electron chi connectivity index (χ1n) is 5.35. The highest BCUT2D eigenvalue weighted by Gasteiger charge is 2.21. The largest absolute Gasteiger partial charge is 0.289 e. The number of allylic oxidation sites excluding steroid dienone is 4. The Labute approximate surface area is 86.9 Å². The van der Waals surface area contributed by atoms with Gasteiger partial charge in [-0.1, -0.05) is 32.9 Å². The van der Waals surface area contributed by atoms with Crippen molar-refractivity contribution in [1.82, 2.24) is 0 Å². The van der Waals surface area contributed by atoms with E-state index >= 15 is 0 Å². The lowest BCUT2D eigenvalue weighted by molar-refractivity contribution is -0.113. The van der Waals surface area contributed by atoms with Crippen molar-refractivity contribution in [3.63, 3.8) is 0 Å². The van der Waals surface area contributed by atoms with Crippen LogP contribution in [0.5, 0.6) is 0 Å². The third-order valence-corrected chi connectivity index (χ3v) is 2.43. The van der Waals surface area contributed by atoms with Crippen LogP contribution in [0.25, 0.3) is 0 Å². The minimum atomic E-state index is 0.112. The van der Waals surface area contributed by atoms with Gasteiger partial charge in [0.05, 0.1) is 0 Å². The summed E-state index contributed by atoms with van der Waals surface area (Å²) in [6.45, 7) is 8.36. The van der Waals surface area contributed by atoms with Crippen molar-refractivity contribution in [2.75, 3.05) is 0 Å². The Morgan fingerprint density at radius 2 is 1.71 bits per heavy atom. The first kappa shape index (κ1) is 11.2. The summed E-state index contributed by atoms with van der Waals surface area (Å²) in [5.74, 6) is 0.272. The normalized spacial score (nSPS) is 24.7. The van der Waals surface area contributed by atoms with Crippen LogP contribution in [0, 0.1) is 5.41 Å². The van der Waals surface area contributed by atoms with Crippen LogP contribution in [-0.4, -0.2) is 5.78 Å². The van der Waals surface area contributed by atoms with Crippen LogP contribution in [0.1, 0.15) is 47.0 Å². The van der Waals surface area contributed by atoms with Crippen LogP contribution in [-0.2, 0) is 4.79 Å². The zero-order valence-corrected chi connectivity index (χ0v) is 9.68. The highest BCUT2D eigenvalue weighted by molar-refractivity contribution is 6.08. The Morgan fingerprint density at radius 1 is 1.14 bits per heavy atom. The van der Waals surface area contributed by atoms with Crippen molar-refractivity contribution in [2.45, 2.75) is 47.0 Å². The quantitative estimate of drug-likeness (QED) is 0.535. The predicted octanol–water partition coefficient (Wildman–Crippen LogP) is 3.66. The Bertz CT molecular complexity index is 287. The van der Waals surface area contributed by atoms with Crippen LogP contribution < -0.4 is 0 Å². The van der Waals surface area contributed by atoms with Gasteiger partial charge >= 0.3 is 0 Å². The zero-order chi connectivity index (χ0) is 10.8. The van der Waals surface area contributed by atoms with E-state index in [1.807, 2.05) is 13.0 Å². The van der Waals surface area contributed by atoms with Gasteiger partial charge in [-0.2, -0.15) is 0 Å². The van der Waals surface area contributed by atoms with E-state index in [-0.39, 0.29) is 11.2 Å². The second-order valence-electron chi connectivity index (χ2n) is 5.03. The van der Waals surface area contributed by atoms with Gasteiger partial charge in [-0.15, -0.1) is 0 Å². The number of Topliss-reactive ketones (excluding diaryl/α,β-unsaturated/α-hetero) is 1. The Balaban J connectivity index is 2.91. The Morgan fingerprint density at radius 3 is 2.21 bits per heavy atom. The maximum Gasteiger partial charge on any atom is 0.184 e. The van der Waals surface area contributed by atoms with Crippen molar-refractivity contribution in [3.05, 3.63) is 23.3 Å². The van der Waals surface area contributed by atoms with Crippen LogP contribution >= 0.6 is 0 Å². The molecule has 1 saturated carbocycles. The monoisotopic (exact) mass is 192 g/mol. The van der Waals surface area contributed by atoms with Crippen molar-refractivity contribution in [3.8, 4) is 0 Å². The molecule has 1 aliphatic carbocycles. The molecule has 1 nitrogen and oxygen atoms in total. The van der Waals surface area contributed by atoms with E-state index in [9.17, 15) is 4.79 Å². The summed E-state index contributed by atoms with van der Waals surface area (Å²) in [6, 6.07) is 0. The molecule has 0 saturated heterocycles. The fourth-order valence-electron chi connectivity index (χ4n) is 1.84. The Kier molecular flexibility index (Phi) is 3.30. The molecule has 0 unspecified atom stereocenters. The summed E-state index contributed by atoms with van der Waals surface area (Å²) in [4.78, 5) is 11.9. The number of ketones is 1. The number of hydrogen-bond donors (Lipinski definition) is 0. The topological polar surface area (TPSA) is 17.1 Å². The summed E-state index contributed by atoms with van der Waals surface area (Å²) in [5, 5.41) is 0. The fourth-order valence-corrected chi connectivity index (χ4v) is 1.84. The van der Waals surface area contributed by atoms with E-state index in [0.717, 1.165) is 30.4 Å². The standard InChI is InChI=1S/C13H20O/c1-5-10-7-6-8-11(12(10)14)9-13(2,3)4/h5,9H,6-8H2,1-4H3/b10-5-,11-9+. The van der Waals surface area contributed by atoms with E-state index < -0.39 is 0 Å². The molecule has 1 rings (SSSR count). The van der Waals surface area contributed by atoms with Gasteiger partial charge in [-0.25, -0.2) is 0 Å².